The van der Waals surface area contributed by atoms with Gasteiger partial charge in [0.05, 0.1) is 23.9 Å². The zero-order chi connectivity index (χ0) is 30.2. The van der Waals surface area contributed by atoms with E-state index in [0.717, 1.165) is 0 Å². The van der Waals surface area contributed by atoms with Gasteiger partial charge in [-0.3, -0.25) is 9.59 Å². The lowest BCUT2D eigenvalue weighted by Gasteiger charge is -2.11. The van der Waals surface area contributed by atoms with Gasteiger partial charge < -0.3 is 24.3 Å². The quantitative estimate of drug-likeness (QED) is 0.0891. The first-order chi connectivity index (χ1) is 20.9. The summed E-state index contributed by atoms with van der Waals surface area (Å²) >= 11 is 6.09. The van der Waals surface area contributed by atoms with E-state index in [4.69, 9.17) is 30.5 Å². The molecule has 1 aliphatic rings. The number of hydrogen-bond donors (Lipinski definition) is 2. The average Bonchev–Trinajstić information content (AvgIpc) is 3.50. The van der Waals surface area contributed by atoms with E-state index < -0.39 is 17.8 Å². The molecular formula is C32H24ClN3O7. The Balaban J connectivity index is 1.31. The summed E-state index contributed by atoms with van der Waals surface area (Å²) < 4.78 is 21.6. The van der Waals surface area contributed by atoms with Crippen molar-refractivity contribution in [3.8, 4) is 23.0 Å². The van der Waals surface area contributed by atoms with Crippen LogP contribution in [0.4, 0.5) is 0 Å². The van der Waals surface area contributed by atoms with Crippen molar-refractivity contribution >= 4 is 41.7 Å². The highest BCUT2D eigenvalue weighted by molar-refractivity contribution is 6.33. The molecular weight excluding hydrogens is 574 g/mol. The molecule has 1 aliphatic heterocycles. The highest BCUT2D eigenvalue weighted by atomic mass is 35.5. The lowest BCUT2D eigenvalue weighted by molar-refractivity contribution is -0.117. The van der Waals surface area contributed by atoms with Crippen LogP contribution in [-0.4, -0.2) is 37.9 Å². The monoisotopic (exact) mass is 597 g/mol. The molecule has 43 heavy (non-hydrogen) atoms. The molecule has 10 nitrogen and oxygen atoms in total. The minimum atomic E-state index is -0.671. The third-order valence-electron chi connectivity index (χ3n) is 6.10. The molecule has 4 aromatic carbocycles. The number of hydrogen-bond acceptors (Lipinski definition) is 8. The van der Waals surface area contributed by atoms with Gasteiger partial charge in [0.1, 0.15) is 5.70 Å². The lowest BCUT2D eigenvalue weighted by Crippen LogP contribution is -2.32. The third-order valence-corrected chi connectivity index (χ3v) is 6.43. The zero-order valence-electron chi connectivity index (χ0n) is 22.7. The first-order valence-corrected chi connectivity index (χ1v) is 13.2. The van der Waals surface area contributed by atoms with Gasteiger partial charge in [-0.25, -0.2) is 10.2 Å². The molecule has 1 heterocycles. The van der Waals surface area contributed by atoms with Crippen LogP contribution in [0.25, 0.3) is 6.08 Å². The Bertz CT molecular complexity index is 1740. The van der Waals surface area contributed by atoms with Crippen molar-refractivity contribution in [2.24, 2.45) is 5.10 Å². The van der Waals surface area contributed by atoms with Crippen molar-refractivity contribution < 1.29 is 33.3 Å². The molecule has 0 saturated heterocycles. The second kappa shape index (κ2) is 13.4. The normalized spacial score (nSPS) is 12.1. The number of ether oxygens (including phenoxy) is 4. The summed E-state index contributed by atoms with van der Waals surface area (Å²) in [7, 11) is 1.42. The topological polar surface area (TPSA) is 125 Å². The number of nitrogens with one attached hydrogen (secondary N) is 2. The molecule has 2 amide bonds. The molecule has 0 saturated carbocycles. The van der Waals surface area contributed by atoms with Crippen molar-refractivity contribution in [1.29, 1.82) is 0 Å². The Morgan fingerprint density at radius 1 is 0.860 bits per heavy atom. The molecule has 0 atom stereocenters. The Hall–Kier alpha value is -5.61. The summed E-state index contributed by atoms with van der Waals surface area (Å²) in [5, 5.41) is 6.93. The number of carbonyl (C=O) groups is 3. The molecule has 0 bridgehead atoms. The second-order valence-corrected chi connectivity index (χ2v) is 9.38. The summed E-state index contributed by atoms with van der Waals surface area (Å²) in [6.07, 6.45) is 2.87. The highest BCUT2D eigenvalue weighted by Gasteiger charge is 2.18. The van der Waals surface area contributed by atoms with Crippen LogP contribution < -0.4 is 29.7 Å². The molecule has 0 aromatic heterocycles. The zero-order valence-corrected chi connectivity index (χ0v) is 23.5. The van der Waals surface area contributed by atoms with Crippen LogP contribution in [0.2, 0.25) is 5.02 Å². The number of fused-ring (bicyclic) bond motifs is 1. The van der Waals surface area contributed by atoms with Gasteiger partial charge in [-0.1, -0.05) is 48.0 Å². The fraction of sp³-hybridized carbons (Fsp3) is 0.0625. The van der Waals surface area contributed by atoms with E-state index in [9.17, 15) is 14.4 Å². The molecule has 11 heteroatoms. The van der Waals surface area contributed by atoms with Gasteiger partial charge in [-0.05, 0) is 71.8 Å². The number of rotatable bonds is 9. The van der Waals surface area contributed by atoms with Crippen LogP contribution in [0, 0.1) is 0 Å². The SMILES string of the molecule is COc1cc(/C=N/NC(=O)/C(=C/c2ccc3c(c2)OCO3)NC(=O)c2ccccc2)ccc1OC(=O)c1ccccc1Cl. The third kappa shape index (κ3) is 7.19. The summed E-state index contributed by atoms with van der Waals surface area (Å²) in [5.74, 6) is -0.247. The maximum atomic E-state index is 13.1. The predicted molar refractivity (Wildman–Crippen MR) is 160 cm³/mol. The van der Waals surface area contributed by atoms with Crippen LogP contribution in [0.15, 0.2) is 102 Å². The van der Waals surface area contributed by atoms with E-state index in [1.165, 1.54) is 25.5 Å². The van der Waals surface area contributed by atoms with E-state index in [0.29, 0.717) is 28.2 Å². The average molecular weight is 598 g/mol. The van der Waals surface area contributed by atoms with Crippen LogP contribution >= 0.6 is 11.6 Å². The number of methoxy groups -OCH3 is 1. The molecule has 0 radical (unpaired) electrons. The standard InChI is InChI=1S/C32H24ClN3O7/c1-40-28-17-21(12-14-27(28)43-32(39)23-9-5-6-10-24(23)33)18-34-36-31(38)25(35-30(37)22-7-3-2-4-8-22)15-20-11-13-26-29(16-20)42-19-41-26/h2-18H,19H2,1H3,(H,35,37)(H,36,38)/b25-15-,34-18+. The molecule has 216 valence electrons. The Kier molecular flexibility index (Phi) is 8.99. The van der Waals surface area contributed by atoms with Crippen molar-refractivity contribution in [2.45, 2.75) is 0 Å². The van der Waals surface area contributed by atoms with Gasteiger partial charge in [-0.2, -0.15) is 5.10 Å². The second-order valence-electron chi connectivity index (χ2n) is 8.97. The van der Waals surface area contributed by atoms with Gasteiger partial charge in [-0.15, -0.1) is 0 Å². The minimum Gasteiger partial charge on any atom is -0.493 e. The summed E-state index contributed by atoms with van der Waals surface area (Å²) in [6, 6.07) is 24.9. The summed E-state index contributed by atoms with van der Waals surface area (Å²) in [6.45, 7) is 0.102. The number of halogens is 1. The van der Waals surface area contributed by atoms with E-state index in [-0.39, 0.29) is 34.6 Å². The molecule has 0 aliphatic carbocycles. The number of hydrazone groups is 1. The molecule has 5 rings (SSSR count). The van der Waals surface area contributed by atoms with Crippen LogP contribution in [0.3, 0.4) is 0 Å². The van der Waals surface area contributed by atoms with Crippen molar-refractivity contribution in [2.75, 3.05) is 13.9 Å². The summed E-state index contributed by atoms with van der Waals surface area (Å²) in [5.41, 5.74) is 4.08. The number of benzene rings is 4. The van der Waals surface area contributed by atoms with E-state index >= 15 is 0 Å². The van der Waals surface area contributed by atoms with Crippen molar-refractivity contribution in [3.05, 3.63) is 124 Å². The van der Waals surface area contributed by atoms with Gasteiger partial charge >= 0.3 is 5.97 Å². The first-order valence-electron chi connectivity index (χ1n) is 12.9. The van der Waals surface area contributed by atoms with E-state index in [1.54, 1.807) is 84.9 Å². The van der Waals surface area contributed by atoms with Gasteiger partial charge in [0, 0.05) is 5.56 Å². The smallest absolute Gasteiger partial charge is 0.345 e. The van der Waals surface area contributed by atoms with Crippen molar-refractivity contribution in [1.82, 2.24) is 10.7 Å². The number of carbonyl (C=O) groups excluding carboxylic acids is 3. The fourth-order valence-corrected chi connectivity index (χ4v) is 4.18. The lowest BCUT2D eigenvalue weighted by atomic mass is 10.1. The maximum Gasteiger partial charge on any atom is 0.345 e. The molecule has 2 N–H and O–H groups in total. The Morgan fingerprint density at radius 2 is 1.60 bits per heavy atom. The van der Waals surface area contributed by atoms with Crippen molar-refractivity contribution in [3.63, 3.8) is 0 Å². The predicted octanol–water partition coefficient (Wildman–Crippen LogP) is 5.22. The van der Waals surface area contributed by atoms with Crippen LogP contribution in [0.1, 0.15) is 31.8 Å². The first kappa shape index (κ1) is 28.9. The van der Waals surface area contributed by atoms with Crippen LogP contribution in [0.5, 0.6) is 23.0 Å². The molecule has 0 fully saturated rings. The van der Waals surface area contributed by atoms with Crippen LogP contribution in [-0.2, 0) is 4.79 Å². The molecule has 4 aromatic rings. The largest absolute Gasteiger partial charge is 0.493 e. The molecule has 0 unspecified atom stereocenters. The number of nitrogens with zero attached hydrogens (tertiary/aromatic N) is 1. The van der Waals surface area contributed by atoms with Gasteiger partial charge in [0.25, 0.3) is 11.8 Å². The minimum absolute atomic E-state index is 0.0516. The number of amides is 2. The summed E-state index contributed by atoms with van der Waals surface area (Å²) in [4.78, 5) is 38.6. The fourth-order valence-electron chi connectivity index (χ4n) is 3.97. The Morgan fingerprint density at radius 3 is 2.40 bits per heavy atom. The molecule has 0 spiro atoms. The highest BCUT2D eigenvalue weighted by Crippen LogP contribution is 2.33. The maximum absolute atomic E-state index is 13.1. The van der Waals surface area contributed by atoms with E-state index in [1.807, 2.05) is 0 Å². The van der Waals surface area contributed by atoms with E-state index in [2.05, 4.69) is 15.8 Å². The van der Waals surface area contributed by atoms with Gasteiger partial charge in [0.2, 0.25) is 6.79 Å². The van der Waals surface area contributed by atoms with Gasteiger partial charge in [0.15, 0.2) is 23.0 Å². The Labute approximate surface area is 251 Å². The number of esters is 1.